The normalized spacial score (nSPS) is 14.6. The lowest BCUT2D eigenvalue weighted by molar-refractivity contribution is 0.111. The van der Waals surface area contributed by atoms with Crippen LogP contribution in [-0.2, 0) is 0 Å². The number of thiophene rings is 1. The average molecular weight is 212 g/mol. The Balaban J connectivity index is 2.51. The van der Waals surface area contributed by atoms with Crippen LogP contribution in [0.4, 0.5) is 0 Å². The predicted molar refractivity (Wildman–Crippen MR) is 50.7 cm³/mol. The second-order valence-electron chi connectivity index (χ2n) is 2.77. The number of hydrogen-bond acceptors (Lipinski definition) is 5. The fraction of sp³-hybridized carbons (Fsp3) is 0.333. The topological polar surface area (TPSA) is 52.6 Å². The Morgan fingerprint density at radius 3 is 1.93 bits per heavy atom. The summed E-state index contributed by atoms with van der Waals surface area (Å²) in [5.41, 5.74) is 0. The Kier molecular flexibility index (Phi) is 2.49. The van der Waals surface area contributed by atoms with E-state index in [-0.39, 0.29) is 0 Å². The van der Waals surface area contributed by atoms with Crippen molar-refractivity contribution in [2.45, 2.75) is 6.42 Å². The van der Waals surface area contributed by atoms with Crippen molar-refractivity contribution in [2.24, 2.45) is 0 Å². The standard InChI is InChI=1S/C9H8O4S/c10-4-6-8-9(7(5-11)14-6)13-3-1-2-12-8/h4-5H,1-3H2. The molecule has 0 spiro atoms. The molecule has 4 nitrogen and oxygen atoms in total. The van der Waals surface area contributed by atoms with Gasteiger partial charge in [0.05, 0.1) is 13.2 Å². The van der Waals surface area contributed by atoms with Gasteiger partial charge in [0.1, 0.15) is 9.75 Å². The zero-order valence-corrected chi connectivity index (χ0v) is 8.13. The highest BCUT2D eigenvalue weighted by molar-refractivity contribution is 7.16. The maximum Gasteiger partial charge on any atom is 0.183 e. The van der Waals surface area contributed by atoms with Crippen LogP contribution in [0, 0.1) is 0 Å². The van der Waals surface area contributed by atoms with Crippen molar-refractivity contribution in [1.29, 1.82) is 0 Å². The summed E-state index contributed by atoms with van der Waals surface area (Å²) in [7, 11) is 0. The van der Waals surface area contributed by atoms with Gasteiger partial charge in [0, 0.05) is 6.42 Å². The molecule has 0 aromatic carbocycles. The average Bonchev–Trinajstić information content (AvgIpc) is 2.39. The number of carbonyl (C=O) groups is 2. The lowest BCUT2D eigenvalue weighted by atomic mass is 10.3. The van der Waals surface area contributed by atoms with Gasteiger partial charge in [0.25, 0.3) is 0 Å². The second kappa shape index (κ2) is 3.79. The molecule has 2 heterocycles. The molecule has 74 valence electrons. The van der Waals surface area contributed by atoms with Crippen LogP contribution in [0.15, 0.2) is 0 Å². The summed E-state index contributed by atoms with van der Waals surface area (Å²) in [6.07, 6.45) is 2.13. The summed E-state index contributed by atoms with van der Waals surface area (Å²) in [5, 5.41) is 0. The first-order chi connectivity index (χ1) is 6.86. The molecule has 0 amide bonds. The van der Waals surface area contributed by atoms with Gasteiger partial charge in [-0.25, -0.2) is 0 Å². The van der Waals surface area contributed by atoms with E-state index in [1.165, 1.54) is 0 Å². The Labute approximate surface area is 84.4 Å². The maximum absolute atomic E-state index is 10.7. The first-order valence-corrected chi connectivity index (χ1v) is 5.01. The van der Waals surface area contributed by atoms with E-state index in [0.717, 1.165) is 17.8 Å². The lowest BCUT2D eigenvalue weighted by Crippen LogP contribution is -1.98. The van der Waals surface area contributed by atoms with Gasteiger partial charge >= 0.3 is 0 Å². The number of fused-ring (bicyclic) bond motifs is 1. The minimum Gasteiger partial charge on any atom is -0.488 e. The van der Waals surface area contributed by atoms with E-state index >= 15 is 0 Å². The van der Waals surface area contributed by atoms with Crippen LogP contribution in [0.5, 0.6) is 11.5 Å². The smallest absolute Gasteiger partial charge is 0.183 e. The molecule has 0 aliphatic carbocycles. The Hall–Kier alpha value is -1.36. The van der Waals surface area contributed by atoms with Crippen LogP contribution in [0.3, 0.4) is 0 Å². The molecule has 14 heavy (non-hydrogen) atoms. The number of hydrogen-bond donors (Lipinski definition) is 0. The van der Waals surface area contributed by atoms with E-state index in [1.807, 2.05) is 0 Å². The van der Waals surface area contributed by atoms with Crippen LogP contribution in [0.25, 0.3) is 0 Å². The van der Waals surface area contributed by atoms with Gasteiger partial charge in [0.15, 0.2) is 24.1 Å². The molecule has 0 radical (unpaired) electrons. The fourth-order valence-electron chi connectivity index (χ4n) is 1.27. The summed E-state index contributed by atoms with van der Waals surface area (Å²) < 4.78 is 10.7. The van der Waals surface area contributed by atoms with Gasteiger partial charge < -0.3 is 9.47 Å². The molecule has 1 aromatic heterocycles. The fourth-order valence-corrected chi connectivity index (χ4v) is 2.09. The van der Waals surface area contributed by atoms with E-state index in [1.54, 1.807) is 0 Å². The van der Waals surface area contributed by atoms with Gasteiger partial charge in [0.2, 0.25) is 0 Å². The molecule has 1 aliphatic rings. The van der Waals surface area contributed by atoms with E-state index in [2.05, 4.69) is 0 Å². The van der Waals surface area contributed by atoms with Gasteiger partial charge in [-0.05, 0) is 0 Å². The van der Waals surface area contributed by atoms with E-state index in [0.29, 0.717) is 47.0 Å². The highest BCUT2D eigenvalue weighted by Crippen LogP contribution is 2.41. The second-order valence-corrected chi connectivity index (χ2v) is 3.86. The molecular formula is C9H8O4S. The molecule has 0 fully saturated rings. The Morgan fingerprint density at radius 1 is 1.00 bits per heavy atom. The van der Waals surface area contributed by atoms with E-state index < -0.39 is 0 Å². The molecule has 2 rings (SSSR count). The summed E-state index contributed by atoms with van der Waals surface area (Å²) in [6, 6.07) is 0. The lowest BCUT2D eigenvalue weighted by Gasteiger charge is -2.01. The van der Waals surface area contributed by atoms with Crippen LogP contribution >= 0.6 is 11.3 Å². The monoisotopic (exact) mass is 212 g/mol. The quantitative estimate of drug-likeness (QED) is 0.698. The molecule has 0 bridgehead atoms. The van der Waals surface area contributed by atoms with Gasteiger partial charge in [-0.3, -0.25) is 9.59 Å². The summed E-state index contributed by atoms with van der Waals surface area (Å²) in [6.45, 7) is 1.03. The minimum atomic E-state index is 0.420. The van der Waals surface area contributed by atoms with Crippen molar-refractivity contribution in [1.82, 2.24) is 0 Å². The minimum absolute atomic E-state index is 0.420. The van der Waals surface area contributed by atoms with Crippen molar-refractivity contribution >= 4 is 23.9 Å². The van der Waals surface area contributed by atoms with Crippen molar-refractivity contribution in [2.75, 3.05) is 13.2 Å². The third-order valence-corrected chi connectivity index (χ3v) is 2.87. The molecule has 0 N–H and O–H groups in total. The molecule has 0 saturated carbocycles. The van der Waals surface area contributed by atoms with Crippen molar-refractivity contribution < 1.29 is 19.1 Å². The van der Waals surface area contributed by atoms with Gasteiger partial charge in [-0.15, -0.1) is 11.3 Å². The number of rotatable bonds is 2. The molecular weight excluding hydrogens is 204 g/mol. The largest absolute Gasteiger partial charge is 0.488 e. The van der Waals surface area contributed by atoms with Crippen LogP contribution in [-0.4, -0.2) is 25.8 Å². The van der Waals surface area contributed by atoms with Crippen LogP contribution < -0.4 is 9.47 Å². The number of carbonyl (C=O) groups excluding carboxylic acids is 2. The van der Waals surface area contributed by atoms with Crippen molar-refractivity contribution in [3.05, 3.63) is 9.75 Å². The van der Waals surface area contributed by atoms with Crippen LogP contribution in [0.1, 0.15) is 25.8 Å². The zero-order chi connectivity index (χ0) is 9.97. The SMILES string of the molecule is O=Cc1sc(C=O)c2c1OCCCO2. The third-order valence-electron chi connectivity index (χ3n) is 1.87. The highest BCUT2D eigenvalue weighted by Gasteiger charge is 2.22. The van der Waals surface area contributed by atoms with E-state index in [4.69, 9.17) is 9.47 Å². The first-order valence-electron chi connectivity index (χ1n) is 4.19. The molecule has 1 aromatic rings. The predicted octanol–water partition coefficient (Wildman–Crippen LogP) is 1.53. The molecule has 5 heteroatoms. The van der Waals surface area contributed by atoms with E-state index in [9.17, 15) is 9.59 Å². The molecule has 1 aliphatic heterocycles. The van der Waals surface area contributed by atoms with Crippen molar-refractivity contribution in [3.8, 4) is 11.5 Å². The highest BCUT2D eigenvalue weighted by atomic mass is 32.1. The van der Waals surface area contributed by atoms with Crippen molar-refractivity contribution in [3.63, 3.8) is 0 Å². The maximum atomic E-state index is 10.7. The first kappa shape index (κ1) is 9.21. The Morgan fingerprint density at radius 2 is 1.50 bits per heavy atom. The molecule has 0 unspecified atom stereocenters. The molecule has 0 atom stereocenters. The molecule has 0 saturated heterocycles. The number of aldehydes is 2. The summed E-state index contributed by atoms with van der Waals surface area (Å²) in [5.74, 6) is 0.842. The van der Waals surface area contributed by atoms with Gasteiger partial charge in [-0.1, -0.05) is 0 Å². The third kappa shape index (κ3) is 1.39. The Bertz CT molecular complexity index is 337. The summed E-state index contributed by atoms with van der Waals surface area (Å²) >= 11 is 1.10. The number of ether oxygens (including phenoxy) is 2. The summed E-state index contributed by atoms with van der Waals surface area (Å²) in [4.78, 5) is 22.2. The zero-order valence-electron chi connectivity index (χ0n) is 7.32. The van der Waals surface area contributed by atoms with Gasteiger partial charge in [-0.2, -0.15) is 0 Å². The van der Waals surface area contributed by atoms with Crippen LogP contribution in [0.2, 0.25) is 0 Å².